The van der Waals surface area contributed by atoms with Crippen molar-refractivity contribution in [2.24, 2.45) is 11.8 Å². The fourth-order valence-electron chi connectivity index (χ4n) is 4.65. The molecule has 0 aromatic heterocycles. The Morgan fingerprint density at radius 1 is 1.15 bits per heavy atom. The molecule has 34 heavy (non-hydrogen) atoms. The van der Waals surface area contributed by atoms with Crippen molar-refractivity contribution in [1.29, 1.82) is 0 Å². The molecule has 2 aliphatic rings. The lowest BCUT2D eigenvalue weighted by atomic mass is 9.69. The summed E-state index contributed by atoms with van der Waals surface area (Å²) in [5.74, 6) is -2.38. The van der Waals surface area contributed by atoms with Crippen molar-refractivity contribution in [1.82, 2.24) is 5.32 Å². The van der Waals surface area contributed by atoms with Gasteiger partial charge in [-0.05, 0) is 50.3 Å². The summed E-state index contributed by atoms with van der Waals surface area (Å²) in [5.41, 5.74) is 2.69. The molecule has 1 aliphatic carbocycles. The van der Waals surface area contributed by atoms with Crippen LogP contribution in [0.15, 0.2) is 40.7 Å². The van der Waals surface area contributed by atoms with Crippen molar-refractivity contribution in [2.75, 3.05) is 21.3 Å². The van der Waals surface area contributed by atoms with Crippen LogP contribution in [-0.2, 0) is 23.9 Å². The van der Waals surface area contributed by atoms with Crippen LogP contribution < -0.4 is 14.8 Å². The Labute approximate surface area is 200 Å². The average Bonchev–Trinajstić information content (AvgIpc) is 2.82. The van der Waals surface area contributed by atoms with E-state index in [1.54, 1.807) is 25.1 Å². The minimum atomic E-state index is -0.946. The summed E-state index contributed by atoms with van der Waals surface area (Å²) in [6, 6.07) is 5.28. The number of carbonyl (C=O) groups is 3. The highest BCUT2D eigenvalue weighted by atomic mass is 16.5. The van der Waals surface area contributed by atoms with E-state index in [4.69, 9.17) is 18.9 Å². The molecule has 1 aromatic carbocycles. The molecule has 0 bridgehead atoms. The fraction of sp³-hybridized carbons (Fsp3) is 0.500. The number of benzene rings is 1. The normalized spacial score (nSPS) is 23.0. The van der Waals surface area contributed by atoms with Crippen molar-refractivity contribution in [3.05, 3.63) is 46.3 Å². The van der Waals surface area contributed by atoms with Crippen molar-refractivity contribution in [3.8, 4) is 11.5 Å². The summed E-state index contributed by atoms with van der Waals surface area (Å²) in [6.45, 7) is 7.40. The molecule has 1 aliphatic heterocycles. The van der Waals surface area contributed by atoms with Gasteiger partial charge in [0.2, 0.25) is 0 Å². The highest BCUT2D eigenvalue weighted by Gasteiger charge is 2.47. The molecule has 1 heterocycles. The summed E-state index contributed by atoms with van der Waals surface area (Å²) >= 11 is 0. The van der Waals surface area contributed by atoms with Gasteiger partial charge in [0.05, 0.1) is 33.0 Å². The van der Waals surface area contributed by atoms with Crippen LogP contribution in [0.4, 0.5) is 0 Å². The quantitative estimate of drug-likeness (QED) is 0.475. The predicted molar refractivity (Wildman–Crippen MR) is 125 cm³/mol. The summed E-state index contributed by atoms with van der Waals surface area (Å²) in [5, 5.41) is 3.26. The fourth-order valence-corrected chi connectivity index (χ4v) is 4.65. The standard InChI is InChI=1S/C26H33NO7/c1-8-14(3)34-26(30)21-15(4)27-17-11-13(2)20(25(29)33-7)24(28)23(17)22(21)16-9-10-18(31-5)19(12-16)32-6/h9-10,12-14,20,22,27H,8,11H2,1-7H3/t13-,14-,20-,22-/m1/s1. The topological polar surface area (TPSA) is 100 Å². The van der Waals surface area contributed by atoms with Crippen LogP contribution in [-0.4, -0.2) is 45.2 Å². The number of dihydropyridines is 1. The van der Waals surface area contributed by atoms with Gasteiger partial charge in [-0.25, -0.2) is 4.79 Å². The van der Waals surface area contributed by atoms with Gasteiger partial charge in [0.15, 0.2) is 17.3 Å². The summed E-state index contributed by atoms with van der Waals surface area (Å²) in [7, 11) is 4.33. The number of ketones is 1. The molecule has 8 heteroatoms. The van der Waals surface area contributed by atoms with E-state index in [9.17, 15) is 14.4 Å². The Bertz CT molecular complexity index is 1060. The monoisotopic (exact) mass is 471 g/mol. The van der Waals surface area contributed by atoms with Crippen molar-refractivity contribution in [3.63, 3.8) is 0 Å². The zero-order valence-corrected chi connectivity index (χ0v) is 20.8. The van der Waals surface area contributed by atoms with E-state index in [1.165, 1.54) is 21.3 Å². The minimum absolute atomic E-state index is 0.251. The molecule has 0 radical (unpaired) electrons. The Balaban J connectivity index is 2.21. The van der Waals surface area contributed by atoms with Crippen molar-refractivity contribution >= 4 is 17.7 Å². The third kappa shape index (κ3) is 4.54. The number of carbonyl (C=O) groups excluding carboxylic acids is 3. The van der Waals surface area contributed by atoms with Crippen LogP contribution in [0, 0.1) is 11.8 Å². The first-order chi connectivity index (χ1) is 16.2. The molecule has 0 spiro atoms. The van der Waals surface area contributed by atoms with E-state index < -0.39 is 23.8 Å². The number of rotatable bonds is 7. The Hall–Kier alpha value is -3.29. The molecule has 184 valence electrons. The van der Waals surface area contributed by atoms with E-state index in [2.05, 4.69) is 5.32 Å². The zero-order chi connectivity index (χ0) is 25.2. The second-order valence-electron chi connectivity index (χ2n) is 8.77. The number of Topliss-reactive ketones (excluding diaryl/α,β-unsaturated/α-hetero) is 1. The first-order valence-electron chi connectivity index (χ1n) is 11.4. The molecule has 1 aromatic rings. The maximum atomic E-state index is 13.8. The van der Waals surface area contributed by atoms with E-state index in [0.717, 1.165) is 0 Å². The molecule has 0 amide bonds. The van der Waals surface area contributed by atoms with Crippen molar-refractivity contribution in [2.45, 2.75) is 52.6 Å². The maximum absolute atomic E-state index is 13.8. The summed E-state index contributed by atoms with van der Waals surface area (Å²) in [6.07, 6.45) is 0.830. The molecular formula is C26H33NO7. The maximum Gasteiger partial charge on any atom is 0.337 e. The van der Waals surface area contributed by atoms with Gasteiger partial charge < -0.3 is 24.3 Å². The number of ether oxygens (including phenoxy) is 4. The van der Waals surface area contributed by atoms with E-state index >= 15 is 0 Å². The van der Waals surface area contributed by atoms with Gasteiger partial charge >= 0.3 is 11.9 Å². The van der Waals surface area contributed by atoms with Crippen molar-refractivity contribution < 1.29 is 33.3 Å². The second-order valence-corrected chi connectivity index (χ2v) is 8.77. The molecule has 0 saturated heterocycles. The number of allylic oxidation sites excluding steroid dienone is 3. The number of nitrogens with one attached hydrogen (secondary N) is 1. The van der Waals surface area contributed by atoms with Gasteiger partial charge in [-0.15, -0.1) is 0 Å². The third-order valence-electron chi connectivity index (χ3n) is 6.59. The van der Waals surface area contributed by atoms with Crippen LogP contribution >= 0.6 is 0 Å². The highest BCUT2D eigenvalue weighted by Crippen LogP contribution is 2.46. The molecule has 1 N–H and O–H groups in total. The Morgan fingerprint density at radius 2 is 1.82 bits per heavy atom. The van der Waals surface area contributed by atoms with E-state index in [-0.39, 0.29) is 17.8 Å². The lowest BCUT2D eigenvalue weighted by Gasteiger charge is -2.38. The van der Waals surface area contributed by atoms with Gasteiger partial charge in [0, 0.05) is 22.9 Å². The lowest BCUT2D eigenvalue weighted by Crippen LogP contribution is -2.43. The summed E-state index contributed by atoms with van der Waals surface area (Å²) in [4.78, 5) is 39.6. The first-order valence-corrected chi connectivity index (χ1v) is 11.4. The molecule has 4 atom stereocenters. The van der Waals surface area contributed by atoms with Crippen LogP contribution in [0.1, 0.15) is 52.0 Å². The van der Waals surface area contributed by atoms with E-state index in [0.29, 0.717) is 52.4 Å². The van der Waals surface area contributed by atoms with Gasteiger partial charge in [-0.3, -0.25) is 9.59 Å². The molecule has 3 rings (SSSR count). The van der Waals surface area contributed by atoms with Gasteiger partial charge in [0.25, 0.3) is 0 Å². The Morgan fingerprint density at radius 3 is 2.41 bits per heavy atom. The number of hydrogen-bond donors (Lipinski definition) is 1. The second kappa shape index (κ2) is 10.3. The van der Waals surface area contributed by atoms with Crippen LogP contribution in [0.3, 0.4) is 0 Å². The van der Waals surface area contributed by atoms with Gasteiger partial charge in [-0.2, -0.15) is 0 Å². The molecular weight excluding hydrogens is 438 g/mol. The largest absolute Gasteiger partial charge is 0.493 e. The smallest absolute Gasteiger partial charge is 0.337 e. The molecule has 0 saturated carbocycles. The average molecular weight is 472 g/mol. The minimum Gasteiger partial charge on any atom is -0.493 e. The van der Waals surface area contributed by atoms with Crippen LogP contribution in [0.5, 0.6) is 11.5 Å². The van der Waals surface area contributed by atoms with E-state index in [1.807, 2.05) is 20.8 Å². The highest BCUT2D eigenvalue weighted by molar-refractivity contribution is 6.12. The number of hydrogen-bond acceptors (Lipinski definition) is 8. The molecule has 8 nitrogen and oxygen atoms in total. The Kier molecular flexibility index (Phi) is 7.69. The number of esters is 2. The third-order valence-corrected chi connectivity index (χ3v) is 6.59. The van der Waals surface area contributed by atoms with Crippen LogP contribution in [0.25, 0.3) is 0 Å². The molecule has 0 unspecified atom stereocenters. The SMILES string of the molecule is CC[C@@H](C)OC(=O)C1=C(C)NC2=C(C(=O)[C@H](C(=O)OC)[C@H](C)C2)[C@@H]1c1ccc(OC)c(OC)c1. The predicted octanol–water partition coefficient (Wildman–Crippen LogP) is 3.66. The summed E-state index contributed by atoms with van der Waals surface area (Å²) < 4.78 is 21.5. The van der Waals surface area contributed by atoms with Gasteiger partial charge in [-0.1, -0.05) is 19.9 Å². The van der Waals surface area contributed by atoms with Crippen LogP contribution in [0.2, 0.25) is 0 Å². The zero-order valence-electron chi connectivity index (χ0n) is 20.8. The lowest BCUT2D eigenvalue weighted by molar-refractivity contribution is -0.151. The first kappa shape index (κ1) is 25.3. The van der Waals surface area contributed by atoms with Gasteiger partial charge in [0.1, 0.15) is 5.92 Å². The number of methoxy groups -OCH3 is 3. The molecule has 0 fully saturated rings.